The molecule has 3 amide bonds. The zero-order valence-electron chi connectivity index (χ0n) is 14.3. The van der Waals surface area contributed by atoms with Crippen LogP contribution in [-0.2, 0) is 19.7 Å². The number of benzene rings is 2. The van der Waals surface area contributed by atoms with Crippen molar-refractivity contribution in [3.63, 3.8) is 0 Å². The molecule has 3 rings (SSSR count). The van der Waals surface area contributed by atoms with Gasteiger partial charge in [0.2, 0.25) is 5.91 Å². The van der Waals surface area contributed by atoms with Crippen LogP contribution >= 0.6 is 11.8 Å². The van der Waals surface area contributed by atoms with Crippen LogP contribution in [-0.4, -0.2) is 36.9 Å². The smallest absolute Gasteiger partial charge is 0.339 e. The second-order valence-electron chi connectivity index (χ2n) is 5.66. The van der Waals surface area contributed by atoms with E-state index in [9.17, 15) is 22.8 Å². The number of thioether (sulfide) groups is 1. The first-order valence-electron chi connectivity index (χ1n) is 7.89. The van der Waals surface area contributed by atoms with Gasteiger partial charge in [0.1, 0.15) is 17.2 Å². The van der Waals surface area contributed by atoms with Crippen molar-refractivity contribution in [1.29, 1.82) is 0 Å². The summed E-state index contributed by atoms with van der Waals surface area (Å²) < 4.78 is 29.7. The third-order valence-electron chi connectivity index (χ3n) is 3.58. The minimum atomic E-state index is -4.01. The zero-order chi connectivity index (χ0) is 20.3. The van der Waals surface area contributed by atoms with E-state index >= 15 is 0 Å². The van der Waals surface area contributed by atoms with E-state index in [-0.39, 0.29) is 15.6 Å². The number of carbonyl (C=O) groups excluding carboxylic acids is 3. The number of hydrogen-bond donors (Lipinski definition) is 1. The molecular weight excluding hydrogens is 404 g/mol. The quantitative estimate of drug-likeness (QED) is 0.562. The summed E-state index contributed by atoms with van der Waals surface area (Å²) in [4.78, 5) is 35.9. The third kappa shape index (κ3) is 4.41. The molecule has 0 aliphatic carbocycles. The van der Waals surface area contributed by atoms with Gasteiger partial charge in [0.15, 0.2) is 0 Å². The SMILES string of the molecule is NC(=O)CN1C(=O)S/C(=C\c2cccc(OS(=O)(=O)c3ccccc3)c2)C1=O. The lowest BCUT2D eigenvalue weighted by atomic mass is 10.2. The van der Waals surface area contributed by atoms with E-state index in [4.69, 9.17) is 9.92 Å². The molecule has 0 radical (unpaired) electrons. The fraction of sp³-hybridized carbons (Fsp3) is 0.0556. The molecule has 28 heavy (non-hydrogen) atoms. The van der Waals surface area contributed by atoms with Gasteiger partial charge in [0.05, 0.1) is 4.91 Å². The number of nitrogens with two attached hydrogens (primary N) is 1. The summed E-state index contributed by atoms with van der Waals surface area (Å²) in [5.74, 6) is -1.39. The average molecular weight is 418 g/mol. The highest BCUT2D eigenvalue weighted by Gasteiger charge is 2.35. The van der Waals surface area contributed by atoms with Gasteiger partial charge in [-0.3, -0.25) is 19.3 Å². The molecule has 2 aromatic rings. The average Bonchev–Trinajstić information content (AvgIpc) is 2.89. The number of carbonyl (C=O) groups is 3. The van der Waals surface area contributed by atoms with Gasteiger partial charge in [-0.1, -0.05) is 30.3 Å². The first kappa shape index (κ1) is 19.6. The van der Waals surface area contributed by atoms with Crippen molar-refractivity contribution in [2.45, 2.75) is 4.90 Å². The maximum absolute atomic E-state index is 12.3. The highest BCUT2D eigenvalue weighted by atomic mass is 32.2. The number of hydrogen-bond acceptors (Lipinski definition) is 7. The molecule has 1 saturated heterocycles. The normalized spacial score (nSPS) is 15.9. The Kier molecular flexibility index (Phi) is 5.52. The van der Waals surface area contributed by atoms with Gasteiger partial charge in [-0.05, 0) is 47.7 Å². The van der Waals surface area contributed by atoms with Crippen molar-refractivity contribution in [2.75, 3.05) is 6.54 Å². The molecule has 10 heteroatoms. The predicted octanol–water partition coefficient (Wildman–Crippen LogP) is 1.98. The van der Waals surface area contributed by atoms with Gasteiger partial charge < -0.3 is 9.92 Å². The van der Waals surface area contributed by atoms with Gasteiger partial charge in [-0.15, -0.1) is 0 Å². The molecule has 2 N–H and O–H groups in total. The van der Waals surface area contributed by atoms with E-state index in [0.29, 0.717) is 17.3 Å². The highest BCUT2D eigenvalue weighted by molar-refractivity contribution is 8.18. The van der Waals surface area contributed by atoms with E-state index in [1.165, 1.54) is 30.3 Å². The topological polar surface area (TPSA) is 124 Å². The first-order valence-corrected chi connectivity index (χ1v) is 10.1. The first-order chi connectivity index (χ1) is 13.3. The molecule has 144 valence electrons. The van der Waals surface area contributed by atoms with Crippen molar-refractivity contribution in [1.82, 2.24) is 4.90 Å². The molecule has 0 atom stereocenters. The molecule has 1 aliphatic heterocycles. The maximum Gasteiger partial charge on any atom is 0.339 e. The number of rotatable bonds is 6. The molecule has 2 aromatic carbocycles. The zero-order valence-corrected chi connectivity index (χ0v) is 15.9. The molecule has 0 aromatic heterocycles. The Morgan fingerprint density at radius 1 is 1.11 bits per heavy atom. The number of imide groups is 1. The summed E-state index contributed by atoms with van der Waals surface area (Å²) in [6.07, 6.45) is 1.41. The Balaban J connectivity index is 1.82. The van der Waals surface area contributed by atoms with Crippen LogP contribution in [0.5, 0.6) is 5.75 Å². The highest BCUT2D eigenvalue weighted by Crippen LogP contribution is 2.32. The number of amides is 3. The molecule has 1 aliphatic rings. The largest absolute Gasteiger partial charge is 0.379 e. The Labute approximate surface area is 165 Å². The molecule has 0 spiro atoms. The van der Waals surface area contributed by atoms with Crippen LogP contribution in [0.3, 0.4) is 0 Å². The predicted molar refractivity (Wildman–Crippen MR) is 103 cm³/mol. The summed E-state index contributed by atoms with van der Waals surface area (Å²) >= 11 is 0.666. The third-order valence-corrected chi connectivity index (χ3v) is 5.75. The summed E-state index contributed by atoms with van der Waals surface area (Å²) in [6, 6.07) is 13.7. The van der Waals surface area contributed by atoms with Crippen LogP contribution in [0.4, 0.5) is 4.79 Å². The molecule has 0 bridgehead atoms. The van der Waals surface area contributed by atoms with Gasteiger partial charge in [-0.25, -0.2) is 0 Å². The van der Waals surface area contributed by atoms with E-state index in [1.807, 2.05) is 0 Å². The molecule has 0 unspecified atom stereocenters. The molecule has 1 fully saturated rings. The van der Waals surface area contributed by atoms with E-state index in [0.717, 1.165) is 4.90 Å². The van der Waals surface area contributed by atoms with Crippen molar-refractivity contribution < 1.29 is 27.0 Å². The molecule has 0 saturated carbocycles. The standard InChI is InChI=1S/C18H14N2O6S2/c19-16(21)11-20-17(22)15(27-18(20)23)10-12-5-4-6-13(9-12)26-28(24,25)14-7-2-1-3-8-14/h1-10H,11H2,(H2,19,21)/b15-10-. The Bertz CT molecular complexity index is 1080. The number of nitrogens with zero attached hydrogens (tertiary/aromatic N) is 1. The maximum atomic E-state index is 12.3. The van der Waals surface area contributed by atoms with E-state index in [1.54, 1.807) is 30.3 Å². The fourth-order valence-corrected chi connectivity index (χ4v) is 4.14. The van der Waals surface area contributed by atoms with Crippen LogP contribution in [0.25, 0.3) is 6.08 Å². The van der Waals surface area contributed by atoms with Gasteiger partial charge in [0, 0.05) is 0 Å². The second kappa shape index (κ2) is 7.87. The van der Waals surface area contributed by atoms with Crippen LogP contribution < -0.4 is 9.92 Å². The Morgan fingerprint density at radius 3 is 2.50 bits per heavy atom. The number of primary amides is 1. The summed E-state index contributed by atoms with van der Waals surface area (Å²) in [7, 11) is -4.01. The van der Waals surface area contributed by atoms with Gasteiger partial charge in [-0.2, -0.15) is 8.42 Å². The van der Waals surface area contributed by atoms with Crippen molar-refractivity contribution in [3.05, 3.63) is 65.1 Å². The van der Waals surface area contributed by atoms with Crippen LogP contribution in [0.2, 0.25) is 0 Å². The van der Waals surface area contributed by atoms with Crippen LogP contribution in [0, 0.1) is 0 Å². The summed E-state index contributed by atoms with van der Waals surface area (Å²) in [5.41, 5.74) is 5.48. The van der Waals surface area contributed by atoms with Crippen LogP contribution in [0.15, 0.2) is 64.4 Å². The van der Waals surface area contributed by atoms with Gasteiger partial charge >= 0.3 is 10.1 Å². The van der Waals surface area contributed by atoms with E-state index < -0.39 is 33.7 Å². The Hall–Kier alpha value is -3.11. The second-order valence-corrected chi connectivity index (χ2v) is 8.20. The van der Waals surface area contributed by atoms with Crippen molar-refractivity contribution >= 4 is 45.0 Å². The fourth-order valence-electron chi connectivity index (χ4n) is 2.36. The lowest BCUT2D eigenvalue weighted by Gasteiger charge is -2.09. The van der Waals surface area contributed by atoms with Crippen molar-refractivity contribution in [3.8, 4) is 5.75 Å². The monoisotopic (exact) mass is 418 g/mol. The molecule has 1 heterocycles. The lowest BCUT2D eigenvalue weighted by molar-refractivity contribution is -0.127. The lowest BCUT2D eigenvalue weighted by Crippen LogP contribution is -2.36. The van der Waals surface area contributed by atoms with E-state index in [2.05, 4.69) is 0 Å². The minimum absolute atomic E-state index is 0.00738. The molecule has 8 nitrogen and oxygen atoms in total. The summed E-state index contributed by atoms with van der Waals surface area (Å²) in [5, 5.41) is -0.603. The molecular formula is C18H14N2O6S2. The van der Waals surface area contributed by atoms with Gasteiger partial charge in [0.25, 0.3) is 11.1 Å². The minimum Gasteiger partial charge on any atom is -0.379 e. The Morgan fingerprint density at radius 2 is 1.82 bits per heavy atom. The van der Waals surface area contributed by atoms with Crippen LogP contribution in [0.1, 0.15) is 5.56 Å². The van der Waals surface area contributed by atoms with Crippen molar-refractivity contribution in [2.24, 2.45) is 5.73 Å². The summed E-state index contributed by atoms with van der Waals surface area (Å²) in [6.45, 7) is -0.500.